The smallest absolute Gasteiger partial charge is 0.257 e. The standard InChI is InChI=1S/C32H50N2O3.HI/c1-6-7-8-9-10-11-12-13-14-17-24-36-30-20-19-28(25-29(30)32(2,3)4)37-26-31(35)33-22-21-27-18-15-16-23-34(27)5;/h15-16,18-20,23,25H,6-14,17,21-22,24,26H2,1-5H3;1H. The lowest BCUT2D eigenvalue weighted by Crippen LogP contribution is -3.00. The van der Waals surface area contributed by atoms with Crippen molar-refractivity contribution in [2.75, 3.05) is 19.8 Å². The lowest BCUT2D eigenvalue weighted by atomic mass is 9.86. The fourth-order valence-corrected chi connectivity index (χ4v) is 4.43. The third-order valence-electron chi connectivity index (χ3n) is 6.75. The topological polar surface area (TPSA) is 51.4 Å². The van der Waals surface area contributed by atoms with Crippen LogP contribution >= 0.6 is 0 Å². The first-order chi connectivity index (χ1) is 17.8. The molecule has 0 aliphatic carbocycles. The van der Waals surface area contributed by atoms with Crippen LogP contribution in [0.25, 0.3) is 0 Å². The van der Waals surface area contributed by atoms with Crippen LogP contribution in [0.15, 0.2) is 42.6 Å². The average Bonchev–Trinajstić information content (AvgIpc) is 2.87. The van der Waals surface area contributed by atoms with E-state index in [2.05, 4.69) is 43.6 Å². The summed E-state index contributed by atoms with van der Waals surface area (Å²) < 4.78 is 14.1. The summed E-state index contributed by atoms with van der Waals surface area (Å²) in [6.45, 7) is 10.1. The number of aromatic nitrogens is 1. The molecule has 0 saturated carbocycles. The van der Waals surface area contributed by atoms with Crippen molar-refractivity contribution in [1.29, 1.82) is 0 Å². The largest absolute Gasteiger partial charge is 1.00 e. The van der Waals surface area contributed by atoms with Crippen molar-refractivity contribution < 1.29 is 42.8 Å². The van der Waals surface area contributed by atoms with Gasteiger partial charge in [-0.3, -0.25) is 4.79 Å². The third-order valence-corrected chi connectivity index (χ3v) is 6.75. The number of nitrogens with one attached hydrogen (secondary N) is 1. The van der Waals surface area contributed by atoms with Gasteiger partial charge >= 0.3 is 0 Å². The molecular formula is C32H51IN2O3. The van der Waals surface area contributed by atoms with Gasteiger partial charge in [0.1, 0.15) is 18.5 Å². The molecule has 0 saturated heterocycles. The Morgan fingerprint density at radius 1 is 0.895 bits per heavy atom. The summed E-state index contributed by atoms with van der Waals surface area (Å²) in [5, 5.41) is 2.95. The molecule has 0 aliphatic rings. The van der Waals surface area contributed by atoms with Crippen LogP contribution in [0, 0.1) is 0 Å². The van der Waals surface area contributed by atoms with E-state index in [1.54, 1.807) is 0 Å². The Kier molecular flexibility index (Phi) is 17.3. The molecular weight excluding hydrogens is 587 g/mol. The number of carbonyl (C=O) groups is 1. The highest BCUT2D eigenvalue weighted by molar-refractivity contribution is 5.77. The van der Waals surface area contributed by atoms with Gasteiger partial charge in [-0.15, -0.1) is 0 Å². The zero-order valence-corrected chi connectivity index (χ0v) is 26.6. The summed E-state index contributed by atoms with van der Waals surface area (Å²) in [4.78, 5) is 12.3. The number of hydrogen-bond acceptors (Lipinski definition) is 3. The number of pyridine rings is 1. The van der Waals surface area contributed by atoms with Crippen LogP contribution in [0.2, 0.25) is 0 Å². The molecule has 0 spiro atoms. The van der Waals surface area contributed by atoms with Gasteiger partial charge in [-0.1, -0.05) is 91.5 Å². The van der Waals surface area contributed by atoms with Crippen molar-refractivity contribution in [2.24, 2.45) is 7.05 Å². The molecule has 6 heteroatoms. The number of halogens is 1. The lowest BCUT2D eigenvalue weighted by molar-refractivity contribution is -0.679. The van der Waals surface area contributed by atoms with Gasteiger partial charge in [-0.2, -0.15) is 0 Å². The maximum absolute atomic E-state index is 12.3. The lowest BCUT2D eigenvalue weighted by Gasteiger charge is -2.24. The van der Waals surface area contributed by atoms with Gasteiger partial charge in [0.2, 0.25) is 0 Å². The molecule has 1 heterocycles. The molecule has 0 unspecified atom stereocenters. The van der Waals surface area contributed by atoms with Gasteiger partial charge in [0.25, 0.3) is 5.91 Å². The van der Waals surface area contributed by atoms with E-state index >= 15 is 0 Å². The number of rotatable bonds is 18. The first kappa shape index (κ1) is 34.2. The quantitative estimate of drug-likeness (QED) is 0.154. The molecule has 1 aromatic carbocycles. The van der Waals surface area contributed by atoms with Crippen LogP contribution in [0.5, 0.6) is 11.5 Å². The van der Waals surface area contributed by atoms with E-state index < -0.39 is 0 Å². The summed E-state index contributed by atoms with van der Waals surface area (Å²) in [6, 6.07) is 12.0. The fraction of sp³-hybridized carbons (Fsp3) is 0.625. The monoisotopic (exact) mass is 638 g/mol. The van der Waals surface area contributed by atoms with E-state index in [0.29, 0.717) is 12.3 Å². The molecule has 1 N–H and O–H groups in total. The Balaban J connectivity index is 0.00000722. The van der Waals surface area contributed by atoms with Crippen molar-refractivity contribution in [3.8, 4) is 11.5 Å². The zero-order valence-electron chi connectivity index (χ0n) is 24.5. The fourth-order valence-electron chi connectivity index (χ4n) is 4.43. The molecule has 1 amide bonds. The summed E-state index contributed by atoms with van der Waals surface area (Å²) in [5.74, 6) is 1.49. The van der Waals surface area contributed by atoms with Crippen LogP contribution in [0.3, 0.4) is 0 Å². The molecule has 214 valence electrons. The first-order valence-corrected chi connectivity index (χ1v) is 14.4. The number of ether oxygens (including phenoxy) is 2. The Morgan fingerprint density at radius 3 is 2.18 bits per heavy atom. The van der Waals surface area contributed by atoms with Crippen LogP contribution < -0.4 is 43.3 Å². The molecule has 2 aromatic rings. The van der Waals surface area contributed by atoms with Gasteiger partial charge in [-0.25, -0.2) is 4.57 Å². The van der Waals surface area contributed by atoms with E-state index in [4.69, 9.17) is 9.47 Å². The number of benzene rings is 1. The predicted molar refractivity (Wildman–Crippen MR) is 152 cm³/mol. The van der Waals surface area contributed by atoms with Gasteiger partial charge in [-0.05, 0) is 30.0 Å². The molecule has 0 fully saturated rings. The molecule has 0 bridgehead atoms. The summed E-state index contributed by atoms with van der Waals surface area (Å²) >= 11 is 0. The highest BCUT2D eigenvalue weighted by atomic mass is 127. The Morgan fingerprint density at radius 2 is 1.55 bits per heavy atom. The minimum absolute atomic E-state index is 0. The van der Waals surface area contributed by atoms with E-state index in [-0.39, 0.29) is 41.9 Å². The molecule has 2 rings (SSSR count). The van der Waals surface area contributed by atoms with Crippen LogP contribution in [-0.2, 0) is 23.7 Å². The number of unbranched alkanes of at least 4 members (excludes halogenated alkanes) is 9. The molecule has 38 heavy (non-hydrogen) atoms. The Labute approximate surface area is 249 Å². The predicted octanol–water partition coefficient (Wildman–Crippen LogP) is 3.85. The van der Waals surface area contributed by atoms with E-state index in [9.17, 15) is 4.79 Å². The molecule has 0 radical (unpaired) electrons. The van der Waals surface area contributed by atoms with Gasteiger partial charge in [0, 0.05) is 30.7 Å². The summed E-state index contributed by atoms with van der Waals surface area (Å²) in [6.07, 6.45) is 16.0. The molecule has 0 aliphatic heterocycles. The Bertz CT molecular complexity index is 927. The second-order valence-corrected chi connectivity index (χ2v) is 11.1. The number of hydrogen-bond donors (Lipinski definition) is 1. The van der Waals surface area contributed by atoms with Gasteiger partial charge in [0.05, 0.1) is 6.61 Å². The molecule has 1 aromatic heterocycles. The normalized spacial score (nSPS) is 11.1. The van der Waals surface area contributed by atoms with Crippen molar-refractivity contribution in [2.45, 2.75) is 104 Å². The maximum Gasteiger partial charge on any atom is 0.257 e. The first-order valence-electron chi connectivity index (χ1n) is 14.4. The average molecular weight is 639 g/mol. The number of aryl methyl sites for hydroxylation is 1. The highest BCUT2D eigenvalue weighted by Crippen LogP contribution is 2.34. The SMILES string of the molecule is CCCCCCCCCCCCOc1ccc(OCC(=O)NCCc2cccc[n+]2C)cc1C(C)(C)C.[I-]. The maximum atomic E-state index is 12.3. The van der Waals surface area contributed by atoms with Gasteiger partial charge < -0.3 is 38.8 Å². The second kappa shape index (κ2) is 19.3. The highest BCUT2D eigenvalue weighted by Gasteiger charge is 2.20. The minimum Gasteiger partial charge on any atom is -1.00 e. The van der Waals surface area contributed by atoms with Crippen LogP contribution in [-0.4, -0.2) is 25.7 Å². The minimum atomic E-state index is -0.114. The van der Waals surface area contributed by atoms with Crippen molar-refractivity contribution in [3.05, 3.63) is 53.9 Å². The summed E-state index contributed by atoms with van der Waals surface area (Å²) in [7, 11) is 2.01. The number of nitrogens with zero attached hydrogens (tertiary/aromatic N) is 1. The second-order valence-electron chi connectivity index (χ2n) is 11.1. The van der Waals surface area contributed by atoms with Gasteiger partial charge in [0.15, 0.2) is 18.5 Å². The zero-order chi connectivity index (χ0) is 26.9. The third kappa shape index (κ3) is 13.8. The Hall–Kier alpha value is -1.83. The van der Waals surface area contributed by atoms with E-state index in [1.807, 2.05) is 43.6 Å². The van der Waals surface area contributed by atoms with Crippen LogP contribution in [0.4, 0.5) is 0 Å². The molecule has 0 atom stereocenters. The van der Waals surface area contributed by atoms with E-state index in [1.165, 1.54) is 63.5 Å². The van der Waals surface area contributed by atoms with Crippen molar-refractivity contribution in [1.82, 2.24) is 5.32 Å². The van der Waals surface area contributed by atoms with Crippen LogP contribution in [0.1, 0.15) is 103 Å². The van der Waals surface area contributed by atoms with Crippen molar-refractivity contribution in [3.63, 3.8) is 0 Å². The number of carbonyl (C=O) groups excluding carboxylic acids is 1. The van der Waals surface area contributed by atoms with E-state index in [0.717, 1.165) is 30.8 Å². The van der Waals surface area contributed by atoms with Crippen molar-refractivity contribution >= 4 is 5.91 Å². The molecule has 5 nitrogen and oxygen atoms in total. The number of amides is 1. The summed E-state index contributed by atoms with van der Waals surface area (Å²) in [5.41, 5.74) is 2.20.